The summed E-state index contributed by atoms with van der Waals surface area (Å²) in [5.74, 6) is 0.270. The standard InChI is InChI=1S/C16H14ClNO/c1-10-16(12-5-3-4-6-14(12)17)13-9-11(19)7-8-15(13)18(10)2/h3-9,19H,1-2H3. The Morgan fingerprint density at radius 3 is 2.58 bits per heavy atom. The minimum atomic E-state index is 0.270. The molecule has 0 fully saturated rings. The first-order valence-corrected chi connectivity index (χ1v) is 6.50. The fourth-order valence-corrected chi connectivity index (χ4v) is 2.79. The van der Waals surface area contributed by atoms with Crippen LogP contribution in [0.15, 0.2) is 42.5 Å². The highest BCUT2D eigenvalue weighted by Gasteiger charge is 2.15. The number of hydrogen-bond acceptors (Lipinski definition) is 1. The number of halogens is 1. The van der Waals surface area contributed by atoms with E-state index in [4.69, 9.17) is 11.6 Å². The number of phenols is 1. The summed E-state index contributed by atoms with van der Waals surface area (Å²) in [6, 6.07) is 13.2. The molecule has 0 bridgehead atoms. The second-order valence-electron chi connectivity index (χ2n) is 4.70. The van der Waals surface area contributed by atoms with E-state index in [-0.39, 0.29) is 5.75 Å². The second-order valence-corrected chi connectivity index (χ2v) is 5.11. The maximum Gasteiger partial charge on any atom is 0.116 e. The molecule has 0 aliphatic carbocycles. The highest BCUT2D eigenvalue weighted by molar-refractivity contribution is 6.33. The van der Waals surface area contributed by atoms with Crippen LogP contribution in [0.3, 0.4) is 0 Å². The Morgan fingerprint density at radius 2 is 1.84 bits per heavy atom. The first kappa shape index (κ1) is 12.1. The van der Waals surface area contributed by atoms with Gasteiger partial charge in [-0.15, -0.1) is 0 Å². The molecule has 19 heavy (non-hydrogen) atoms. The molecule has 96 valence electrons. The lowest BCUT2D eigenvalue weighted by atomic mass is 10.0. The number of benzene rings is 2. The number of nitrogens with zero attached hydrogens (tertiary/aromatic N) is 1. The van der Waals surface area contributed by atoms with E-state index in [9.17, 15) is 5.11 Å². The van der Waals surface area contributed by atoms with E-state index in [1.54, 1.807) is 12.1 Å². The predicted molar refractivity (Wildman–Crippen MR) is 79.8 cm³/mol. The summed E-state index contributed by atoms with van der Waals surface area (Å²) in [5.41, 5.74) is 4.30. The Hall–Kier alpha value is -1.93. The average Bonchev–Trinajstić information content (AvgIpc) is 2.63. The number of fused-ring (bicyclic) bond motifs is 1. The first-order valence-electron chi connectivity index (χ1n) is 6.12. The molecule has 1 aromatic heterocycles. The van der Waals surface area contributed by atoms with Gasteiger partial charge in [0.15, 0.2) is 0 Å². The Kier molecular flexibility index (Phi) is 2.76. The molecular formula is C16H14ClNO. The third kappa shape index (κ3) is 1.80. The van der Waals surface area contributed by atoms with E-state index in [0.29, 0.717) is 0 Å². The van der Waals surface area contributed by atoms with Gasteiger partial charge in [0.1, 0.15) is 5.75 Å². The molecular weight excluding hydrogens is 258 g/mol. The molecule has 0 aliphatic rings. The predicted octanol–water partition coefficient (Wildman–Crippen LogP) is 4.51. The monoisotopic (exact) mass is 271 g/mol. The van der Waals surface area contributed by atoms with Gasteiger partial charge in [-0.05, 0) is 31.2 Å². The summed E-state index contributed by atoms with van der Waals surface area (Å²) in [5, 5.41) is 11.5. The molecule has 0 saturated carbocycles. The van der Waals surface area contributed by atoms with Crippen LogP contribution in [-0.2, 0) is 7.05 Å². The Labute approximate surface area is 116 Å². The number of phenolic OH excluding ortho intramolecular Hbond substituents is 1. The molecule has 2 aromatic carbocycles. The van der Waals surface area contributed by atoms with Gasteiger partial charge in [-0.3, -0.25) is 0 Å². The van der Waals surface area contributed by atoms with Gasteiger partial charge in [-0.2, -0.15) is 0 Å². The van der Waals surface area contributed by atoms with Gasteiger partial charge >= 0.3 is 0 Å². The van der Waals surface area contributed by atoms with Gasteiger partial charge in [-0.25, -0.2) is 0 Å². The molecule has 1 N–H and O–H groups in total. The fraction of sp³-hybridized carbons (Fsp3) is 0.125. The van der Waals surface area contributed by atoms with Crippen molar-refractivity contribution in [1.82, 2.24) is 4.57 Å². The van der Waals surface area contributed by atoms with Crippen molar-refractivity contribution in [2.24, 2.45) is 7.05 Å². The van der Waals surface area contributed by atoms with Crippen LogP contribution in [0.2, 0.25) is 5.02 Å². The van der Waals surface area contributed by atoms with Crippen molar-refractivity contribution in [3.63, 3.8) is 0 Å². The number of rotatable bonds is 1. The van der Waals surface area contributed by atoms with Crippen molar-refractivity contribution in [3.05, 3.63) is 53.2 Å². The lowest BCUT2D eigenvalue weighted by molar-refractivity contribution is 0.476. The smallest absolute Gasteiger partial charge is 0.116 e. The number of aromatic hydroxyl groups is 1. The van der Waals surface area contributed by atoms with Crippen molar-refractivity contribution in [3.8, 4) is 16.9 Å². The Bertz CT molecular complexity index is 774. The molecule has 0 radical (unpaired) electrons. The van der Waals surface area contributed by atoms with Crippen LogP contribution in [0.4, 0.5) is 0 Å². The highest BCUT2D eigenvalue weighted by atomic mass is 35.5. The summed E-state index contributed by atoms with van der Waals surface area (Å²) in [4.78, 5) is 0. The van der Waals surface area contributed by atoms with Crippen LogP contribution in [0.1, 0.15) is 5.69 Å². The lowest BCUT2D eigenvalue weighted by Crippen LogP contribution is -1.90. The van der Waals surface area contributed by atoms with Crippen molar-refractivity contribution < 1.29 is 5.11 Å². The zero-order valence-electron chi connectivity index (χ0n) is 10.8. The quantitative estimate of drug-likeness (QED) is 0.692. The molecule has 3 rings (SSSR count). The van der Waals surface area contributed by atoms with Crippen LogP contribution in [-0.4, -0.2) is 9.67 Å². The van der Waals surface area contributed by atoms with E-state index in [2.05, 4.69) is 11.5 Å². The van der Waals surface area contributed by atoms with Crippen LogP contribution in [0.5, 0.6) is 5.75 Å². The molecule has 0 unspecified atom stereocenters. The van der Waals surface area contributed by atoms with Crippen LogP contribution in [0.25, 0.3) is 22.0 Å². The zero-order valence-corrected chi connectivity index (χ0v) is 11.6. The largest absolute Gasteiger partial charge is 0.508 e. The first-order chi connectivity index (χ1) is 9.09. The van der Waals surface area contributed by atoms with E-state index in [1.807, 2.05) is 37.4 Å². The van der Waals surface area contributed by atoms with E-state index >= 15 is 0 Å². The number of aryl methyl sites for hydroxylation is 1. The zero-order chi connectivity index (χ0) is 13.6. The van der Waals surface area contributed by atoms with Crippen LogP contribution in [0, 0.1) is 6.92 Å². The molecule has 0 amide bonds. The Balaban J connectivity index is 2.44. The summed E-state index contributed by atoms with van der Waals surface area (Å²) in [6.45, 7) is 2.07. The maximum absolute atomic E-state index is 9.73. The van der Waals surface area contributed by atoms with Crippen molar-refractivity contribution in [2.75, 3.05) is 0 Å². The van der Waals surface area contributed by atoms with Gasteiger partial charge in [0.2, 0.25) is 0 Å². The van der Waals surface area contributed by atoms with E-state index < -0.39 is 0 Å². The van der Waals surface area contributed by atoms with E-state index in [0.717, 1.165) is 32.7 Å². The summed E-state index contributed by atoms with van der Waals surface area (Å²) < 4.78 is 2.12. The highest BCUT2D eigenvalue weighted by Crippen LogP contribution is 2.38. The minimum Gasteiger partial charge on any atom is -0.508 e. The van der Waals surface area contributed by atoms with Gasteiger partial charge in [0.25, 0.3) is 0 Å². The molecule has 3 heteroatoms. The third-order valence-electron chi connectivity index (χ3n) is 3.62. The van der Waals surface area contributed by atoms with Crippen LogP contribution < -0.4 is 0 Å². The maximum atomic E-state index is 9.73. The van der Waals surface area contributed by atoms with Gasteiger partial charge in [-0.1, -0.05) is 29.8 Å². The molecule has 0 atom stereocenters. The number of hydrogen-bond donors (Lipinski definition) is 1. The molecule has 1 heterocycles. The van der Waals surface area contributed by atoms with Crippen molar-refractivity contribution in [2.45, 2.75) is 6.92 Å². The SMILES string of the molecule is Cc1c(-c2ccccc2Cl)c2cc(O)ccc2n1C. The minimum absolute atomic E-state index is 0.270. The normalized spacial score (nSPS) is 11.1. The Morgan fingerprint density at radius 1 is 1.11 bits per heavy atom. The lowest BCUT2D eigenvalue weighted by Gasteiger charge is -2.05. The number of aromatic nitrogens is 1. The molecule has 0 spiro atoms. The molecule has 0 saturated heterocycles. The van der Waals surface area contributed by atoms with Gasteiger partial charge < -0.3 is 9.67 Å². The molecule has 3 aromatic rings. The van der Waals surface area contributed by atoms with E-state index in [1.165, 1.54) is 0 Å². The second kappa shape index (κ2) is 4.32. The average molecular weight is 272 g/mol. The van der Waals surface area contributed by atoms with Gasteiger partial charge in [0, 0.05) is 39.8 Å². The van der Waals surface area contributed by atoms with Crippen molar-refractivity contribution >= 4 is 22.5 Å². The summed E-state index contributed by atoms with van der Waals surface area (Å²) in [7, 11) is 2.02. The van der Waals surface area contributed by atoms with Crippen molar-refractivity contribution in [1.29, 1.82) is 0 Å². The van der Waals surface area contributed by atoms with Gasteiger partial charge in [0.05, 0.1) is 0 Å². The third-order valence-corrected chi connectivity index (χ3v) is 3.95. The molecule has 2 nitrogen and oxygen atoms in total. The summed E-state index contributed by atoms with van der Waals surface area (Å²) in [6.07, 6.45) is 0. The fourth-order valence-electron chi connectivity index (χ4n) is 2.56. The molecule has 0 aliphatic heterocycles. The van der Waals surface area contributed by atoms with Crippen LogP contribution >= 0.6 is 11.6 Å². The topological polar surface area (TPSA) is 25.2 Å². The summed E-state index contributed by atoms with van der Waals surface area (Å²) >= 11 is 6.31.